The standard InChI is InChI=1S/C15H17N3OS/c1-9-15(10(2)18(3)17-9)12(19)8-14-16-11-6-4-5-7-13(11)20-14/h4-7,12,19H,8H2,1-3H3. The summed E-state index contributed by atoms with van der Waals surface area (Å²) in [7, 11) is 1.90. The highest BCUT2D eigenvalue weighted by molar-refractivity contribution is 7.18. The molecule has 2 aromatic heterocycles. The molecule has 0 bridgehead atoms. The van der Waals surface area contributed by atoms with E-state index in [-0.39, 0.29) is 0 Å². The van der Waals surface area contributed by atoms with E-state index in [1.165, 1.54) is 0 Å². The number of thiazole rings is 1. The van der Waals surface area contributed by atoms with E-state index < -0.39 is 6.10 Å². The van der Waals surface area contributed by atoms with E-state index >= 15 is 0 Å². The van der Waals surface area contributed by atoms with Crippen LogP contribution >= 0.6 is 11.3 Å². The molecule has 0 fully saturated rings. The summed E-state index contributed by atoms with van der Waals surface area (Å²) in [6.45, 7) is 3.92. The summed E-state index contributed by atoms with van der Waals surface area (Å²) < 4.78 is 2.97. The Labute approximate surface area is 121 Å². The van der Waals surface area contributed by atoms with Crippen LogP contribution in [-0.4, -0.2) is 19.9 Å². The van der Waals surface area contributed by atoms with E-state index in [0.717, 1.165) is 32.2 Å². The van der Waals surface area contributed by atoms with E-state index in [1.807, 2.05) is 43.8 Å². The number of nitrogens with zero attached hydrogens (tertiary/aromatic N) is 3. The van der Waals surface area contributed by atoms with Crippen molar-refractivity contribution in [3.63, 3.8) is 0 Å². The molecular weight excluding hydrogens is 270 g/mol. The van der Waals surface area contributed by atoms with Crippen molar-refractivity contribution in [3.05, 3.63) is 46.2 Å². The Morgan fingerprint density at radius 2 is 2.05 bits per heavy atom. The number of benzene rings is 1. The van der Waals surface area contributed by atoms with Crippen LogP contribution in [0, 0.1) is 13.8 Å². The summed E-state index contributed by atoms with van der Waals surface area (Å²) in [4.78, 5) is 4.58. The molecule has 0 saturated heterocycles. The molecule has 0 aliphatic rings. The number of para-hydroxylation sites is 1. The van der Waals surface area contributed by atoms with Gasteiger partial charge in [-0.05, 0) is 26.0 Å². The van der Waals surface area contributed by atoms with Gasteiger partial charge in [-0.1, -0.05) is 12.1 Å². The molecule has 0 spiro atoms. The lowest BCUT2D eigenvalue weighted by molar-refractivity contribution is 0.177. The van der Waals surface area contributed by atoms with Crippen LogP contribution in [0.5, 0.6) is 0 Å². The highest BCUT2D eigenvalue weighted by atomic mass is 32.1. The van der Waals surface area contributed by atoms with Crippen LogP contribution in [0.15, 0.2) is 24.3 Å². The molecule has 2 heterocycles. The van der Waals surface area contributed by atoms with Gasteiger partial charge in [0.1, 0.15) is 0 Å². The molecule has 0 aliphatic carbocycles. The Hall–Kier alpha value is -1.72. The molecule has 1 aromatic carbocycles. The van der Waals surface area contributed by atoms with E-state index in [9.17, 15) is 5.11 Å². The molecule has 1 N–H and O–H groups in total. The van der Waals surface area contributed by atoms with Gasteiger partial charge in [-0.2, -0.15) is 5.10 Å². The minimum absolute atomic E-state index is 0.534. The Kier molecular flexibility index (Phi) is 3.31. The number of aliphatic hydroxyl groups is 1. The summed E-state index contributed by atoms with van der Waals surface area (Å²) in [5.74, 6) is 0. The number of aliphatic hydroxyl groups excluding tert-OH is 1. The van der Waals surface area contributed by atoms with Crippen molar-refractivity contribution < 1.29 is 5.11 Å². The minimum Gasteiger partial charge on any atom is -0.388 e. The molecule has 3 aromatic rings. The molecule has 3 rings (SSSR count). The van der Waals surface area contributed by atoms with Gasteiger partial charge >= 0.3 is 0 Å². The first-order chi connectivity index (χ1) is 9.56. The summed E-state index contributed by atoms with van der Waals surface area (Å²) >= 11 is 1.64. The Morgan fingerprint density at radius 1 is 1.30 bits per heavy atom. The van der Waals surface area contributed by atoms with E-state index in [2.05, 4.69) is 16.1 Å². The largest absolute Gasteiger partial charge is 0.388 e. The fourth-order valence-electron chi connectivity index (χ4n) is 2.55. The van der Waals surface area contributed by atoms with Crippen LogP contribution in [0.25, 0.3) is 10.2 Å². The summed E-state index contributed by atoms with van der Waals surface area (Å²) in [5.41, 5.74) is 3.82. The van der Waals surface area contributed by atoms with E-state index in [1.54, 1.807) is 11.3 Å². The second-order valence-electron chi connectivity index (χ2n) is 5.00. The van der Waals surface area contributed by atoms with E-state index in [4.69, 9.17) is 0 Å². The predicted octanol–water partition coefficient (Wildman–Crippen LogP) is 2.92. The zero-order valence-corrected chi connectivity index (χ0v) is 12.6. The van der Waals surface area contributed by atoms with Crippen LogP contribution in [0.3, 0.4) is 0 Å². The van der Waals surface area contributed by atoms with Crippen LogP contribution in [0.4, 0.5) is 0 Å². The topological polar surface area (TPSA) is 50.9 Å². The van der Waals surface area contributed by atoms with Crippen molar-refractivity contribution in [3.8, 4) is 0 Å². The van der Waals surface area contributed by atoms with Crippen LogP contribution < -0.4 is 0 Å². The smallest absolute Gasteiger partial charge is 0.0967 e. The van der Waals surface area contributed by atoms with Gasteiger partial charge in [0.05, 0.1) is 27.0 Å². The third-order valence-electron chi connectivity index (χ3n) is 3.60. The highest BCUT2D eigenvalue weighted by Crippen LogP contribution is 2.28. The number of rotatable bonds is 3. The first kappa shape index (κ1) is 13.3. The molecule has 1 unspecified atom stereocenters. The second kappa shape index (κ2) is 5.00. The molecule has 104 valence electrons. The average molecular weight is 287 g/mol. The molecule has 1 atom stereocenters. The predicted molar refractivity (Wildman–Crippen MR) is 81.0 cm³/mol. The SMILES string of the molecule is Cc1nn(C)c(C)c1C(O)Cc1nc2ccccc2s1. The van der Waals surface area contributed by atoms with Crippen LogP contribution in [-0.2, 0) is 13.5 Å². The van der Waals surface area contributed by atoms with Gasteiger partial charge in [-0.3, -0.25) is 4.68 Å². The Bertz CT molecular complexity index is 727. The lowest BCUT2D eigenvalue weighted by atomic mass is 10.1. The van der Waals surface area contributed by atoms with Gasteiger partial charge in [-0.15, -0.1) is 11.3 Å². The molecule has 5 heteroatoms. The summed E-state index contributed by atoms with van der Waals surface area (Å²) in [5, 5.41) is 15.8. The molecule has 0 amide bonds. The molecule has 20 heavy (non-hydrogen) atoms. The molecule has 0 saturated carbocycles. The molecule has 0 radical (unpaired) electrons. The lowest BCUT2D eigenvalue weighted by Crippen LogP contribution is -2.04. The number of hydrogen-bond donors (Lipinski definition) is 1. The third-order valence-corrected chi connectivity index (χ3v) is 4.66. The Balaban J connectivity index is 1.90. The normalized spacial score (nSPS) is 13.0. The first-order valence-electron chi connectivity index (χ1n) is 6.59. The monoisotopic (exact) mass is 287 g/mol. The first-order valence-corrected chi connectivity index (χ1v) is 7.40. The van der Waals surface area contributed by atoms with Gasteiger partial charge in [0.2, 0.25) is 0 Å². The van der Waals surface area contributed by atoms with Gasteiger partial charge < -0.3 is 5.11 Å². The lowest BCUT2D eigenvalue weighted by Gasteiger charge is -2.09. The quantitative estimate of drug-likeness (QED) is 0.806. The van der Waals surface area contributed by atoms with Gasteiger partial charge in [-0.25, -0.2) is 4.98 Å². The van der Waals surface area contributed by atoms with Crippen molar-refractivity contribution in [1.29, 1.82) is 0 Å². The van der Waals surface area contributed by atoms with Crippen molar-refractivity contribution in [2.75, 3.05) is 0 Å². The molecule has 0 aliphatic heterocycles. The number of aromatic nitrogens is 3. The van der Waals surface area contributed by atoms with E-state index in [0.29, 0.717) is 6.42 Å². The fourth-order valence-corrected chi connectivity index (χ4v) is 3.55. The zero-order valence-electron chi connectivity index (χ0n) is 11.8. The number of aryl methyl sites for hydroxylation is 2. The van der Waals surface area contributed by atoms with Crippen molar-refractivity contribution in [1.82, 2.24) is 14.8 Å². The van der Waals surface area contributed by atoms with Crippen LogP contribution in [0.2, 0.25) is 0 Å². The maximum Gasteiger partial charge on any atom is 0.0967 e. The fraction of sp³-hybridized carbons (Fsp3) is 0.333. The molecule has 4 nitrogen and oxygen atoms in total. The van der Waals surface area contributed by atoms with Gasteiger partial charge in [0, 0.05) is 24.7 Å². The van der Waals surface area contributed by atoms with Gasteiger partial charge in [0.25, 0.3) is 0 Å². The second-order valence-corrected chi connectivity index (χ2v) is 6.12. The van der Waals surface area contributed by atoms with Gasteiger partial charge in [0.15, 0.2) is 0 Å². The summed E-state index contributed by atoms with van der Waals surface area (Å²) in [6, 6.07) is 8.06. The van der Waals surface area contributed by atoms with Crippen molar-refractivity contribution in [2.24, 2.45) is 7.05 Å². The third kappa shape index (κ3) is 2.23. The van der Waals surface area contributed by atoms with Crippen molar-refractivity contribution >= 4 is 21.6 Å². The maximum atomic E-state index is 10.5. The zero-order chi connectivity index (χ0) is 14.3. The highest BCUT2D eigenvalue weighted by Gasteiger charge is 2.19. The molecular formula is C15H17N3OS. The average Bonchev–Trinajstić information content (AvgIpc) is 2.90. The summed E-state index contributed by atoms with van der Waals surface area (Å²) in [6.07, 6.45) is -0.0172. The van der Waals surface area contributed by atoms with Crippen molar-refractivity contribution in [2.45, 2.75) is 26.4 Å². The minimum atomic E-state index is -0.552. The number of fused-ring (bicyclic) bond motifs is 1. The maximum absolute atomic E-state index is 10.5. The Morgan fingerprint density at radius 3 is 2.70 bits per heavy atom. The number of hydrogen-bond acceptors (Lipinski definition) is 4. The van der Waals surface area contributed by atoms with Crippen LogP contribution in [0.1, 0.15) is 28.1 Å².